The van der Waals surface area contributed by atoms with Crippen LogP contribution in [0.15, 0.2) is 70.6 Å². The summed E-state index contributed by atoms with van der Waals surface area (Å²) in [5, 5.41) is 0. The quantitative estimate of drug-likeness (QED) is 0.442. The van der Waals surface area contributed by atoms with E-state index in [-0.39, 0.29) is 0 Å². The lowest BCUT2D eigenvalue weighted by atomic mass is 10.2. The van der Waals surface area contributed by atoms with Gasteiger partial charge >= 0.3 is 0 Å². The Balaban J connectivity index is 1.79. The molecular weight excluding hydrogens is 403 g/mol. The number of hydrogen-bond acceptors (Lipinski definition) is 5. The van der Waals surface area contributed by atoms with Gasteiger partial charge in [0.15, 0.2) is 0 Å². The van der Waals surface area contributed by atoms with E-state index in [0.29, 0.717) is 6.61 Å². The molecule has 1 nitrogen and oxygen atoms in total. The first-order chi connectivity index (χ1) is 12.2. The lowest BCUT2D eigenvalue weighted by Gasteiger charge is -2.01. The summed E-state index contributed by atoms with van der Waals surface area (Å²) in [6.45, 7) is 4.99. The highest BCUT2D eigenvalue weighted by Gasteiger charge is 2.27. The van der Waals surface area contributed by atoms with Crippen molar-refractivity contribution in [2.75, 3.05) is 20.4 Å². The molecule has 1 aromatic rings. The normalized spacial score (nSPS) is 20.9. The van der Waals surface area contributed by atoms with Crippen LogP contribution in [0.2, 0.25) is 0 Å². The number of allylic oxidation sites excluding steroid dienone is 3. The molecule has 2 aliphatic rings. The number of methoxy groups -OCH3 is 1. The molecule has 25 heavy (non-hydrogen) atoms. The van der Waals surface area contributed by atoms with Crippen LogP contribution in [0.25, 0.3) is 0 Å². The Hall–Kier alpha value is -0.0300. The van der Waals surface area contributed by atoms with E-state index in [1.54, 1.807) is 7.11 Å². The number of fused-ring (bicyclic) bond motifs is 1. The minimum Gasteiger partial charge on any atom is -0.381 e. The summed E-state index contributed by atoms with van der Waals surface area (Å²) < 4.78 is 7.95. The molecule has 0 radical (unpaired) electrons. The molecule has 0 fully saturated rings. The van der Waals surface area contributed by atoms with Crippen LogP contribution in [0.4, 0.5) is 0 Å². The highest BCUT2D eigenvalue weighted by molar-refractivity contribution is 8.32. The monoisotopic (exact) mass is 424 g/mol. The summed E-state index contributed by atoms with van der Waals surface area (Å²) >= 11 is 7.61. The molecule has 1 atom stereocenters. The van der Waals surface area contributed by atoms with Gasteiger partial charge in [-0.15, -0.1) is 8.58 Å². The van der Waals surface area contributed by atoms with Gasteiger partial charge in [-0.05, 0) is 43.5 Å². The first kappa shape index (κ1) is 19.7. The second kappa shape index (κ2) is 9.77. The average molecular weight is 425 g/mol. The van der Waals surface area contributed by atoms with E-state index in [1.165, 1.54) is 39.8 Å². The Bertz CT molecular complexity index is 765. The van der Waals surface area contributed by atoms with Gasteiger partial charge in [0.05, 0.1) is 15.1 Å². The van der Waals surface area contributed by atoms with Crippen LogP contribution in [0, 0.1) is 0 Å². The second-order valence-electron chi connectivity index (χ2n) is 5.38. The molecule has 0 spiro atoms. The van der Waals surface area contributed by atoms with Crippen molar-refractivity contribution in [3.63, 3.8) is 0 Å². The van der Waals surface area contributed by atoms with Crippen LogP contribution in [0.3, 0.4) is 0 Å². The van der Waals surface area contributed by atoms with Crippen molar-refractivity contribution in [1.29, 1.82) is 0 Å². The molecule has 0 bridgehead atoms. The van der Waals surface area contributed by atoms with Gasteiger partial charge in [0, 0.05) is 26.7 Å². The summed E-state index contributed by atoms with van der Waals surface area (Å²) in [5.41, 5.74) is 1.46. The van der Waals surface area contributed by atoms with E-state index in [0.717, 1.165) is 8.58 Å². The molecule has 1 unspecified atom stereocenters. The predicted octanol–water partition coefficient (Wildman–Crippen LogP) is 7.29. The second-order valence-corrected chi connectivity index (χ2v) is 11.2. The van der Waals surface area contributed by atoms with Gasteiger partial charge in [-0.2, -0.15) is 0 Å². The molecule has 0 amide bonds. The van der Waals surface area contributed by atoms with Crippen molar-refractivity contribution in [2.45, 2.75) is 22.9 Å². The summed E-state index contributed by atoms with van der Waals surface area (Å²) in [6.07, 6.45) is 9.77. The fourth-order valence-electron chi connectivity index (χ4n) is 2.37. The Morgan fingerprint density at radius 3 is 2.44 bits per heavy atom. The topological polar surface area (TPSA) is 9.23 Å². The molecule has 0 N–H and O–H groups in total. The van der Waals surface area contributed by atoms with Gasteiger partial charge in [-0.25, -0.2) is 0 Å². The lowest BCUT2D eigenvalue weighted by Crippen LogP contribution is -1.80. The fraction of sp³-hybridized carbons (Fsp3) is 0.263. The van der Waals surface area contributed by atoms with Gasteiger partial charge in [0.1, 0.15) is 0 Å². The minimum absolute atomic E-state index is 0.652. The van der Waals surface area contributed by atoms with E-state index in [1.807, 2.05) is 47.0 Å². The SMILES string of the molecule is CC=CC1=C(C=CCOC)SC(=C2Sc3ccc(CPC)cc3S2)S1. The Morgan fingerprint density at radius 2 is 1.72 bits per heavy atom. The number of thioether (sulfide) groups is 4. The summed E-state index contributed by atoms with van der Waals surface area (Å²) in [6, 6.07) is 6.95. The smallest absolute Gasteiger partial charge is 0.0706 e. The molecule has 132 valence electrons. The Kier molecular flexibility index (Phi) is 7.71. The molecule has 0 aromatic heterocycles. The van der Waals surface area contributed by atoms with Crippen LogP contribution >= 0.6 is 55.6 Å². The van der Waals surface area contributed by atoms with Gasteiger partial charge in [-0.1, -0.05) is 71.3 Å². The molecule has 2 aliphatic heterocycles. The number of hydrogen-bond donors (Lipinski definition) is 0. The maximum atomic E-state index is 5.13. The van der Waals surface area contributed by atoms with Crippen LogP contribution in [0.1, 0.15) is 12.5 Å². The molecule has 6 heteroatoms. The van der Waals surface area contributed by atoms with Crippen molar-refractivity contribution < 1.29 is 4.74 Å². The molecule has 1 aromatic carbocycles. The number of ether oxygens (including phenoxy) is 1. The van der Waals surface area contributed by atoms with Crippen molar-refractivity contribution >= 4 is 55.6 Å². The van der Waals surface area contributed by atoms with E-state index in [2.05, 4.69) is 56.1 Å². The average Bonchev–Trinajstić information content (AvgIpc) is 3.20. The Labute approximate surface area is 169 Å². The van der Waals surface area contributed by atoms with E-state index in [9.17, 15) is 0 Å². The maximum absolute atomic E-state index is 5.13. The highest BCUT2D eigenvalue weighted by atomic mass is 32.2. The van der Waals surface area contributed by atoms with Gasteiger partial charge < -0.3 is 4.74 Å². The third kappa shape index (κ3) is 5.03. The molecule has 0 saturated heterocycles. The Morgan fingerprint density at radius 1 is 1.00 bits per heavy atom. The highest BCUT2D eigenvalue weighted by Crippen LogP contribution is 2.61. The summed E-state index contributed by atoms with van der Waals surface area (Å²) in [5.74, 6) is 0. The van der Waals surface area contributed by atoms with Crippen molar-refractivity contribution in [1.82, 2.24) is 0 Å². The third-order valence-electron chi connectivity index (χ3n) is 3.46. The number of rotatable bonds is 6. The summed E-state index contributed by atoms with van der Waals surface area (Å²) in [4.78, 5) is 5.45. The van der Waals surface area contributed by atoms with Gasteiger partial charge in [0.2, 0.25) is 0 Å². The van der Waals surface area contributed by atoms with Crippen LogP contribution in [0.5, 0.6) is 0 Å². The zero-order chi connectivity index (χ0) is 17.6. The van der Waals surface area contributed by atoms with E-state index in [4.69, 9.17) is 4.74 Å². The zero-order valence-corrected chi connectivity index (χ0v) is 18.8. The van der Waals surface area contributed by atoms with E-state index >= 15 is 0 Å². The van der Waals surface area contributed by atoms with Crippen molar-refractivity contribution in [3.8, 4) is 0 Å². The molecule has 2 heterocycles. The van der Waals surface area contributed by atoms with Gasteiger partial charge in [-0.3, -0.25) is 0 Å². The molecular formula is C19H21OPS4. The zero-order valence-electron chi connectivity index (χ0n) is 14.5. The van der Waals surface area contributed by atoms with E-state index < -0.39 is 0 Å². The third-order valence-corrected chi connectivity index (χ3v) is 9.84. The number of benzene rings is 1. The van der Waals surface area contributed by atoms with Crippen LogP contribution in [-0.2, 0) is 10.9 Å². The van der Waals surface area contributed by atoms with Crippen molar-refractivity contribution in [2.24, 2.45) is 0 Å². The van der Waals surface area contributed by atoms with Crippen molar-refractivity contribution in [3.05, 3.63) is 66.4 Å². The summed E-state index contributed by atoms with van der Waals surface area (Å²) in [7, 11) is 2.70. The van der Waals surface area contributed by atoms with Gasteiger partial charge in [0.25, 0.3) is 0 Å². The maximum Gasteiger partial charge on any atom is 0.0706 e. The first-order valence-corrected chi connectivity index (χ1v) is 13.0. The van der Waals surface area contributed by atoms with Crippen LogP contribution in [-0.4, -0.2) is 20.4 Å². The predicted molar refractivity (Wildman–Crippen MR) is 121 cm³/mol. The standard InChI is InChI=1S/C19H21OPS4/c1-4-6-14-15(7-5-10-20-2)23-18(22-14)19-24-16-9-8-13(12-21-3)11-17(16)25-19/h4-9,11,21H,10,12H2,1-3H3. The molecule has 0 aliphatic carbocycles. The fourth-order valence-corrected chi connectivity index (χ4v) is 8.43. The van der Waals surface area contributed by atoms with Crippen LogP contribution < -0.4 is 0 Å². The lowest BCUT2D eigenvalue weighted by molar-refractivity contribution is 0.234. The molecule has 0 saturated carbocycles. The minimum atomic E-state index is 0.652. The molecule has 3 rings (SSSR count). The first-order valence-electron chi connectivity index (χ1n) is 8.00. The largest absolute Gasteiger partial charge is 0.381 e.